The van der Waals surface area contributed by atoms with Crippen LogP contribution in [-0.2, 0) is 38.7 Å². The number of allylic oxidation sites excluding steroid dienone is 4. The Bertz CT molecular complexity index is 1360. The summed E-state index contributed by atoms with van der Waals surface area (Å²) in [6.07, 6.45) is 45.1. The van der Waals surface area contributed by atoms with Gasteiger partial charge in [0.2, 0.25) is 0 Å². The van der Waals surface area contributed by atoms with E-state index < -0.39 is 71.2 Å². The van der Waals surface area contributed by atoms with E-state index in [1.54, 1.807) is 0 Å². The van der Waals surface area contributed by atoms with Crippen molar-refractivity contribution in [3.63, 3.8) is 0 Å². The van der Waals surface area contributed by atoms with Gasteiger partial charge in [0.05, 0.1) is 6.61 Å². The zero-order valence-corrected chi connectivity index (χ0v) is 44.8. The number of hydrogen-bond donors (Lipinski definition) is 4. The van der Waals surface area contributed by atoms with Crippen molar-refractivity contribution in [3.05, 3.63) is 24.3 Å². The third kappa shape index (κ3) is 40.3. The van der Waals surface area contributed by atoms with Crippen LogP contribution in [0.3, 0.4) is 0 Å². The number of esters is 2. The Morgan fingerprint density at radius 3 is 1.30 bits per heavy atom. The standard InChI is InChI=1S/C56H104O12S/c1-3-5-7-9-11-13-15-17-19-21-22-23-24-25-26-27-29-30-32-34-36-38-40-42-44-51(57)65-46-49(47-66-56-55(61)54(60)53(59)50(68-56)48-69(62,63)64)67-52(58)45-43-41-39-37-35-33-31-28-20-18-16-14-12-10-8-6-4-2/h12,14,18,20,49-50,53-56,59-61H,3-11,13,15-17,19,21-48H2,1-2H3,(H,62,63,64)/b14-12-,20-18-. The molecular weight excluding hydrogens is 897 g/mol. The summed E-state index contributed by atoms with van der Waals surface area (Å²) in [5.41, 5.74) is 0. The van der Waals surface area contributed by atoms with E-state index in [9.17, 15) is 37.9 Å². The van der Waals surface area contributed by atoms with Crippen LogP contribution in [0, 0.1) is 0 Å². The monoisotopic (exact) mass is 1000 g/mol. The Labute approximate surface area is 421 Å². The van der Waals surface area contributed by atoms with Gasteiger partial charge in [0, 0.05) is 12.8 Å². The number of unbranched alkanes of at least 4 members (excludes halogenated alkanes) is 33. The molecule has 0 saturated carbocycles. The van der Waals surface area contributed by atoms with Crippen LogP contribution in [0.2, 0.25) is 0 Å². The summed E-state index contributed by atoms with van der Waals surface area (Å²) in [5.74, 6) is -1.98. The third-order valence-corrected chi connectivity index (χ3v) is 14.0. The Morgan fingerprint density at radius 1 is 0.493 bits per heavy atom. The molecule has 4 N–H and O–H groups in total. The quantitative estimate of drug-likeness (QED) is 0.0196. The number of rotatable bonds is 49. The van der Waals surface area contributed by atoms with E-state index in [0.29, 0.717) is 12.8 Å². The maximum absolute atomic E-state index is 12.9. The molecule has 1 aliphatic rings. The lowest BCUT2D eigenvalue weighted by Gasteiger charge is -2.40. The molecule has 13 heteroatoms. The molecule has 1 fully saturated rings. The van der Waals surface area contributed by atoms with Gasteiger partial charge in [-0.25, -0.2) is 0 Å². The predicted molar refractivity (Wildman–Crippen MR) is 280 cm³/mol. The highest BCUT2D eigenvalue weighted by atomic mass is 32.2. The van der Waals surface area contributed by atoms with Crippen LogP contribution in [-0.4, -0.2) is 96.0 Å². The molecule has 0 bridgehead atoms. The number of carbonyl (C=O) groups is 2. The van der Waals surface area contributed by atoms with Crippen molar-refractivity contribution >= 4 is 22.1 Å². The largest absolute Gasteiger partial charge is 0.462 e. The van der Waals surface area contributed by atoms with Crippen LogP contribution in [0.4, 0.5) is 0 Å². The van der Waals surface area contributed by atoms with Gasteiger partial charge in [0.25, 0.3) is 10.1 Å². The first-order chi connectivity index (χ1) is 33.5. The summed E-state index contributed by atoms with van der Waals surface area (Å²) in [6.45, 7) is 3.78. The molecule has 12 nitrogen and oxygen atoms in total. The molecule has 1 rings (SSSR count). The van der Waals surface area contributed by atoms with Crippen LogP contribution in [0.25, 0.3) is 0 Å². The highest BCUT2D eigenvalue weighted by molar-refractivity contribution is 7.85. The first-order valence-corrected chi connectivity index (χ1v) is 30.0. The highest BCUT2D eigenvalue weighted by Crippen LogP contribution is 2.24. The normalized spacial score (nSPS) is 19.2. The number of hydrogen-bond acceptors (Lipinski definition) is 11. The van der Waals surface area contributed by atoms with Crippen molar-refractivity contribution in [2.45, 2.75) is 301 Å². The van der Waals surface area contributed by atoms with Gasteiger partial charge >= 0.3 is 11.9 Å². The van der Waals surface area contributed by atoms with Crippen LogP contribution < -0.4 is 0 Å². The second-order valence-electron chi connectivity index (χ2n) is 20.0. The smallest absolute Gasteiger partial charge is 0.306 e. The number of ether oxygens (including phenoxy) is 4. The van der Waals surface area contributed by atoms with E-state index in [1.165, 1.54) is 167 Å². The van der Waals surface area contributed by atoms with Crippen molar-refractivity contribution in [1.29, 1.82) is 0 Å². The summed E-state index contributed by atoms with van der Waals surface area (Å²) in [6, 6.07) is 0. The summed E-state index contributed by atoms with van der Waals surface area (Å²) < 4.78 is 54.3. The highest BCUT2D eigenvalue weighted by Gasteiger charge is 2.46. The second kappa shape index (κ2) is 46.0. The lowest BCUT2D eigenvalue weighted by molar-refractivity contribution is -0.297. The van der Waals surface area contributed by atoms with E-state index in [4.69, 9.17) is 18.9 Å². The Balaban J connectivity index is 2.29. The van der Waals surface area contributed by atoms with Crippen LogP contribution in [0.5, 0.6) is 0 Å². The molecule has 1 heterocycles. The van der Waals surface area contributed by atoms with Crippen molar-refractivity contribution in [3.8, 4) is 0 Å². The van der Waals surface area contributed by atoms with E-state index in [-0.39, 0.29) is 19.4 Å². The Hall–Kier alpha value is -1.87. The first kappa shape index (κ1) is 65.1. The molecule has 6 unspecified atom stereocenters. The molecular formula is C56H104O12S. The lowest BCUT2D eigenvalue weighted by atomic mass is 10.00. The predicted octanol–water partition coefficient (Wildman–Crippen LogP) is 13.5. The lowest BCUT2D eigenvalue weighted by Crippen LogP contribution is -2.60. The van der Waals surface area contributed by atoms with Gasteiger partial charge in [-0.2, -0.15) is 8.42 Å². The number of carbonyl (C=O) groups excluding carboxylic acids is 2. The summed E-state index contributed by atoms with van der Waals surface area (Å²) in [7, 11) is -4.61. The minimum absolute atomic E-state index is 0.158. The van der Waals surface area contributed by atoms with Crippen LogP contribution >= 0.6 is 0 Å². The fourth-order valence-corrected chi connectivity index (χ4v) is 9.58. The molecule has 0 aromatic carbocycles. The zero-order chi connectivity index (χ0) is 50.5. The van der Waals surface area contributed by atoms with Gasteiger partial charge in [-0.05, 0) is 44.9 Å². The van der Waals surface area contributed by atoms with Crippen molar-refractivity contribution in [1.82, 2.24) is 0 Å². The molecule has 6 atom stereocenters. The second-order valence-corrected chi connectivity index (χ2v) is 21.5. The zero-order valence-electron chi connectivity index (χ0n) is 43.9. The fraction of sp³-hybridized carbons (Fsp3) is 0.893. The van der Waals surface area contributed by atoms with E-state index in [2.05, 4.69) is 38.2 Å². The maximum atomic E-state index is 12.9. The molecule has 69 heavy (non-hydrogen) atoms. The molecule has 1 saturated heterocycles. The van der Waals surface area contributed by atoms with E-state index in [0.717, 1.165) is 57.8 Å². The SMILES string of the molecule is CCCCC/C=C\C/C=C\CCCCCCCCCC(=O)OC(COC(=O)CCCCCCCCCCCCCCCCCCCCCCCCCC)COC1OC(CS(=O)(=O)O)C(O)C(O)C1O. The third-order valence-electron chi connectivity index (χ3n) is 13.3. The number of aliphatic hydroxyl groups excluding tert-OH is 3. The molecule has 0 aliphatic carbocycles. The van der Waals surface area contributed by atoms with Crippen molar-refractivity contribution in [2.24, 2.45) is 0 Å². The average molecular weight is 1000 g/mol. The van der Waals surface area contributed by atoms with Gasteiger partial charge in [-0.1, -0.05) is 231 Å². The van der Waals surface area contributed by atoms with E-state index >= 15 is 0 Å². The molecule has 0 radical (unpaired) electrons. The molecule has 1 aliphatic heterocycles. The van der Waals surface area contributed by atoms with Crippen molar-refractivity contribution in [2.75, 3.05) is 19.0 Å². The minimum atomic E-state index is -4.61. The average Bonchev–Trinajstić information content (AvgIpc) is 3.32. The van der Waals surface area contributed by atoms with Gasteiger partial charge < -0.3 is 34.3 Å². The van der Waals surface area contributed by atoms with Gasteiger partial charge in [-0.3, -0.25) is 14.1 Å². The molecule has 0 amide bonds. The Kier molecular flexibility index (Phi) is 43.4. The minimum Gasteiger partial charge on any atom is -0.462 e. The summed E-state index contributed by atoms with van der Waals surface area (Å²) in [5, 5.41) is 31.0. The van der Waals surface area contributed by atoms with Gasteiger partial charge in [-0.15, -0.1) is 0 Å². The summed E-state index contributed by atoms with van der Waals surface area (Å²) in [4.78, 5) is 25.6. The van der Waals surface area contributed by atoms with Crippen LogP contribution in [0.15, 0.2) is 24.3 Å². The Morgan fingerprint density at radius 2 is 0.870 bits per heavy atom. The molecule has 406 valence electrons. The summed E-state index contributed by atoms with van der Waals surface area (Å²) >= 11 is 0. The first-order valence-electron chi connectivity index (χ1n) is 28.4. The maximum Gasteiger partial charge on any atom is 0.306 e. The van der Waals surface area contributed by atoms with Gasteiger partial charge in [0.15, 0.2) is 12.4 Å². The van der Waals surface area contributed by atoms with E-state index in [1.807, 2.05) is 0 Å². The fourth-order valence-electron chi connectivity index (χ4n) is 8.89. The molecule has 0 aromatic rings. The molecule has 0 spiro atoms. The van der Waals surface area contributed by atoms with Crippen LogP contribution in [0.1, 0.15) is 264 Å². The van der Waals surface area contributed by atoms with Gasteiger partial charge in [0.1, 0.15) is 36.8 Å². The molecule has 0 aromatic heterocycles. The topological polar surface area (TPSA) is 186 Å². The number of aliphatic hydroxyl groups is 3. The van der Waals surface area contributed by atoms with Crippen molar-refractivity contribution < 1.29 is 56.8 Å².